The van der Waals surface area contributed by atoms with Crippen LogP contribution < -0.4 is 5.32 Å². The second-order valence-corrected chi connectivity index (χ2v) is 6.93. The normalized spacial score (nSPS) is 17.5. The second-order valence-electron chi connectivity index (χ2n) is 6.93. The van der Waals surface area contributed by atoms with E-state index in [1.54, 1.807) is 0 Å². The van der Waals surface area contributed by atoms with E-state index in [9.17, 15) is 4.79 Å². The van der Waals surface area contributed by atoms with E-state index in [4.69, 9.17) is 4.52 Å². The van der Waals surface area contributed by atoms with Crippen molar-refractivity contribution in [3.8, 4) is 11.4 Å². The van der Waals surface area contributed by atoms with E-state index in [-0.39, 0.29) is 5.91 Å². The number of carbonyl (C=O) groups excluding carboxylic acids is 1. The summed E-state index contributed by atoms with van der Waals surface area (Å²) in [6, 6.07) is 9.90. The predicted molar refractivity (Wildman–Crippen MR) is 101 cm³/mol. The van der Waals surface area contributed by atoms with E-state index in [0.717, 1.165) is 51.0 Å². The molecule has 1 aromatic carbocycles. The van der Waals surface area contributed by atoms with E-state index in [1.165, 1.54) is 6.42 Å². The van der Waals surface area contributed by atoms with Gasteiger partial charge in [-0.2, -0.15) is 4.98 Å². The van der Waals surface area contributed by atoms with Crippen LogP contribution >= 0.6 is 0 Å². The van der Waals surface area contributed by atoms with Crippen molar-refractivity contribution >= 4 is 5.91 Å². The van der Waals surface area contributed by atoms with Crippen molar-refractivity contribution in [1.29, 1.82) is 0 Å². The van der Waals surface area contributed by atoms with Crippen molar-refractivity contribution in [2.45, 2.75) is 39.0 Å². The monoisotopic (exact) mass is 356 g/mol. The number of nitrogens with one attached hydrogen (secondary N) is 1. The number of benzene rings is 1. The number of aromatic nitrogens is 2. The lowest BCUT2D eigenvalue weighted by atomic mass is 10.1. The molecule has 1 aliphatic rings. The summed E-state index contributed by atoms with van der Waals surface area (Å²) in [5.74, 6) is 2.22. The maximum atomic E-state index is 11.3. The van der Waals surface area contributed by atoms with Crippen LogP contribution in [0.2, 0.25) is 0 Å². The molecule has 1 atom stereocenters. The highest BCUT2D eigenvalue weighted by atomic mass is 16.5. The first-order valence-electron chi connectivity index (χ1n) is 9.61. The first-order chi connectivity index (χ1) is 12.7. The summed E-state index contributed by atoms with van der Waals surface area (Å²) in [5.41, 5.74) is 0.986. The van der Waals surface area contributed by atoms with Crippen LogP contribution in [0.15, 0.2) is 34.9 Å². The number of hydrogen-bond acceptors (Lipinski definition) is 5. The van der Waals surface area contributed by atoms with Crippen molar-refractivity contribution in [2.75, 3.05) is 26.2 Å². The Morgan fingerprint density at radius 3 is 3.00 bits per heavy atom. The molecule has 2 aromatic rings. The van der Waals surface area contributed by atoms with Gasteiger partial charge in [-0.25, -0.2) is 0 Å². The average Bonchev–Trinajstić information content (AvgIpc) is 3.32. The third kappa shape index (κ3) is 5.39. The molecule has 1 aliphatic heterocycles. The number of likely N-dealkylation sites (tertiary alicyclic amines) is 1. The summed E-state index contributed by atoms with van der Waals surface area (Å²) in [6.07, 6.45) is 4.70. The highest BCUT2D eigenvalue weighted by Gasteiger charge is 2.22. The van der Waals surface area contributed by atoms with Gasteiger partial charge in [-0.1, -0.05) is 42.4 Å². The van der Waals surface area contributed by atoms with Gasteiger partial charge in [0.25, 0.3) is 0 Å². The smallest absolute Gasteiger partial charge is 0.227 e. The lowest BCUT2D eigenvalue weighted by Crippen LogP contribution is -2.26. The molecule has 1 fully saturated rings. The van der Waals surface area contributed by atoms with E-state index in [0.29, 0.717) is 24.1 Å². The van der Waals surface area contributed by atoms with E-state index < -0.39 is 0 Å². The Kier molecular flexibility index (Phi) is 6.77. The number of amides is 1. The standard InChI is InChI=1S/C20H28N4O2/c1-2-18(25)21-12-10-16-11-14-24(15-16)13-6-9-19-22-20(23-26-19)17-7-4-3-5-8-17/h3-5,7-8,16H,2,6,9-15H2,1H3,(H,21,25). The Bertz CT molecular complexity index is 686. The molecule has 6 heteroatoms. The average molecular weight is 356 g/mol. The highest BCUT2D eigenvalue weighted by Crippen LogP contribution is 2.20. The van der Waals surface area contributed by atoms with Gasteiger partial charge in [-0.3, -0.25) is 4.79 Å². The minimum atomic E-state index is 0.147. The lowest BCUT2D eigenvalue weighted by molar-refractivity contribution is -0.120. The molecule has 0 aliphatic carbocycles. The Morgan fingerprint density at radius 2 is 2.19 bits per heavy atom. The van der Waals surface area contributed by atoms with Crippen molar-refractivity contribution in [2.24, 2.45) is 5.92 Å². The van der Waals surface area contributed by atoms with Gasteiger partial charge in [0, 0.05) is 31.5 Å². The van der Waals surface area contributed by atoms with Crippen molar-refractivity contribution in [3.63, 3.8) is 0 Å². The first-order valence-corrected chi connectivity index (χ1v) is 9.61. The molecule has 1 saturated heterocycles. The van der Waals surface area contributed by atoms with Gasteiger partial charge in [0.15, 0.2) is 0 Å². The zero-order valence-electron chi connectivity index (χ0n) is 15.5. The molecule has 0 bridgehead atoms. The molecule has 1 aromatic heterocycles. The van der Waals surface area contributed by atoms with Crippen LogP contribution in [0.5, 0.6) is 0 Å². The van der Waals surface area contributed by atoms with Crippen LogP contribution in [0.4, 0.5) is 0 Å². The maximum absolute atomic E-state index is 11.3. The summed E-state index contributed by atoms with van der Waals surface area (Å²) in [6.45, 7) is 6.02. The molecule has 0 saturated carbocycles. The number of rotatable bonds is 9. The predicted octanol–water partition coefficient (Wildman–Crippen LogP) is 2.91. The van der Waals surface area contributed by atoms with Gasteiger partial charge in [-0.05, 0) is 38.3 Å². The van der Waals surface area contributed by atoms with Crippen LogP contribution in [-0.4, -0.2) is 47.1 Å². The van der Waals surface area contributed by atoms with Gasteiger partial charge in [0.05, 0.1) is 0 Å². The van der Waals surface area contributed by atoms with Crippen LogP contribution in [0.1, 0.15) is 38.5 Å². The summed E-state index contributed by atoms with van der Waals surface area (Å²) < 4.78 is 5.37. The number of aryl methyl sites for hydroxylation is 1. The SMILES string of the molecule is CCC(=O)NCCC1CCN(CCCc2nc(-c3ccccc3)no2)C1. The largest absolute Gasteiger partial charge is 0.356 e. The molecular formula is C20H28N4O2. The highest BCUT2D eigenvalue weighted by molar-refractivity contribution is 5.75. The number of nitrogens with zero attached hydrogens (tertiary/aromatic N) is 3. The Balaban J connectivity index is 1.34. The van der Waals surface area contributed by atoms with E-state index in [1.807, 2.05) is 37.3 Å². The van der Waals surface area contributed by atoms with Gasteiger partial charge in [0.2, 0.25) is 17.6 Å². The molecular weight excluding hydrogens is 328 g/mol. The molecule has 140 valence electrons. The van der Waals surface area contributed by atoms with Gasteiger partial charge >= 0.3 is 0 Å². The zero-order chi connectivity index (χ0) is 18.2. The maximum Gasteiger partial charge on any atom is 0.227 e. The van der Waals surface area contributed by atoms with E-state index in [2.05, 4.69) is 20.4 Å². The first kappa shape index (κ1) is 18.6. The summed E-state index contributed by atoms with van der Waals surface area (Å²) in [4.78, 5) is 18.3. The molecule has 1 amide bonds. The van der Waals surface area contributed by atoms with Crippen molar-refractivity contribution in [3.05, 3.63) is 36.2 Å². The Morgan fingerprint density at radius 1 is 1.35 bits per heavy atom. The fourth-order valence-corrected chi connectivity index (χ4v) is 3.41. The fraction of sp³-hybridized carbons (Fsp3) is 0.550. The fourth-order valence-electron chi connectivity index (χ4n) is 3.41. The topological polar surface area (TPSA) is 71.3 Å². The van der Waals surface area contributed by atoms with Crippen molar-refractivity contribution in [1.82, 2.24) is 20.4 Å². The van der Waals surface area contributed by atoms with Crippen LogP contribution in [-0.2, 0) is 11.2 Å². The number of carbonyl (C=O) groups is 1. The van der Waals surface area contributed by atoms with Crippen LogP contribution in [0.25, 0.3) is 11.4 Å². The quantitative estimate of drug-likeness (QED) is 0.748. The summed E-state index contributed by atoms with van der Waals surface area (Å²) >= 11 is 0. The summed E-state index contributed by atoms with van der Waals surface area (Å²) in [5, 5.41) is 7.04. The van der Waals surface area contributed by atoms with E-state index >= 15 is 0 Å². The summed E-state index contributed by atoms with van der Waals surface area (Å²) in [7, 11) is 0. The minimum Gasteiger partial charge on any atom is -0.356 e. The lowest BCUT2D eigenvalue weighted by Gasteiger charge is -2.15. The van der Waals surface area contributed by atoms with Crippen LogP contribution in [0.3, 0.4) is 0 Å². The Labute approximate surface area is 155 Å². The molecule has 0 radical (unpaired) electrons. The van der Waals surface area contributed by atoms with Gasteiger partial charge < -0.3 is 14.7 Å². The second kappa shape index (κ2) is 9.48. The molecule has 0 spiro atoms. The Hall–Kier alpha value is -2.21. The third-order valence-electron chi connectivity index (χ3n) is 4.93. The molecule has 26 heavy (non-hydrogen) atoms. The molecule has 2 heterocycles. The molecule has 6 nitrogen and oxygen atoms in total. The number of hydrogen-bond donors (Lipinski definition) is 1. The molecule has 1 N–H and O–H groups in total. The van der Waals surface area contributed by atoms with Crippen molar-refractivity contribution < 1.29 is 9.32 Å². The zero-order valence-corrected chi connectivity index (χ0v) is 15.5. The third-order valence-corrected chi connectivity index (χ3v) is 4.93. The molecule has 3 rings (SSSR count). The van der Waals surface area contributed by atoms with Gasteiger partial charge in [0.1, 0.15) is 0 Å². The van der Waals surface area contributed by atoms with Gasteiger partial charge in [-0.15, -0.1) is 0 Å². The van der Waals surface area contributed by atoms with Crippen LogP contribution in [0, 0.1) is 5.92 Å². The minimum absolute atomic E-state index is 0.147. The molecule has 1 unspecified atom stereocenters.